The fourth-order valence-corrected chi connectivity index (χ4v) is 3.06. The zero-order valence-electron chi connectivity index (χ0n) is 8.82. The van der Waals surface area contributed by atoms with E-state index in [2.05, 4.69) is 15.9 Å². The Balaban J connectivity index is 2.01. The number of aliphatic hydroxyl groups is 1. The maximum Gasteiger partial charge on any atom is 0.124 e. The largest absolute Gasteiger partial charge is 0.488 e. The third kappa shape index (κ3) is 3.45. The third-order valence-electron chi connectivity index (χ3n) is 2.15. The molecule has 2 nitrogen and oxygen atoms in total. The minimum atomic E-state index is 0.0597. The number of thiophene rings is 1. The van der Waals surface area contributed by atoms with Crippen LogP contribution >= 0.6 is 38.9 Å². The second-order valence-electron chi connectivity index (χ2n) is 3.38. The van der Waals surface area contributed by atoms with Gasteiger partial charge < -0.3 is 9.84 Å². The van der Waals surface area contributed by atoms with Crippen molar-refractivity contribution >= 4 is 38.9 Å². The van der Waals surface area contributed by atoms with Crippen LogP contribution in [0.25, 0.3) is 0 Å². The van der Waals surface area contributed by atoms with Crippen molar-refractivity contribution in [2.24, 2.45) is 0 Å². The van der Waals surface area contributed by atoms with Gasteiger partial charge in [-0.1, -0.05) is 11.6 Å². The lowest BCUT2D eigenvalue weighted by molar-refractivity contribution is 0.285. The molecule has 0 fully saturated rings. The van der Waals surface area contributed by atoms with Gasteiger partial charge in [0.2, 0.25) is 0 Å². The molecule has 5 heteroatoms. The first-order valence-electron chi connectivity index (χ1n) is 4.95. The molecule has 0 radical (unpaired) electrons. The van der Waals surface area contributed by atoms with Crippen LogP contribution in [0.4, 0.5) is 0 Å². The molecular formula is C12H10BrClO2S. The first-order chi connectivity index (χ1) is 8.19. The second kappa shape index (κ2) is 5.87. The van der Waals surface area contributed by atoms with Crippen LogP contribution in [0.5, 0.6) is 5.75 Å². The normalized spacial score (nSPS) is 10.5. The van der Waals surface area contributed by atoms with Crippen molar-refractivity contribution in [3.63, 3.8) is 0 Å². The fourth-order valence-electron chi connectivity index (χ4n) is 1.31. The Labute approximate surface area is 117 Å². The summed E-state index contributed by atoms with van der Waals surface area (Å²) in [7, 11) is 0. The molecule has 1 aromatic heterocycles. The third-order valence-corrected chi connectivity index (χ3v) is 4.46. The number of rotatable bonds is 4. The average molecular weight is 334 g/mol. The van der Waals surface area contributed by atoms with E-state index in [0.29, 0.717) is 11.6 Å². The molecule has 0 saturated carbocycles. The van der Waals surface area contributed by atoms with Crippen LogP contribution in [0, 0.1) is 0 Å². The summed E-state index contributed by atoms with van der Waals surface area (Å²) >= 11 is 10.8. The van der Waals surface area contributed by atoms with E-state index < -0.39 is 0 Å². The quantitative estimate of drug-likeness (QED) is 0.907. The Kier molecular flexibility index (Phi) is 4.45. The van der Waals surface area contributed by atoms with Crippen LogP contribution < -0.4 is 4.74 Å². The first-order valence-corrected chi connectivity index (χ1v) is 6.94. The van der Waals surface area contributed by atoms with Gasteiger partial charge in [-0.25, -0.2) is 0 Å². The number of aliphatic hydroxyl groups excluding tert-OH is 1. The molecule has 0 bridgehead atoms. The second-order valence-corrected chi connectivity index (χ2v) is 5.90. The van der Waals surface area contributed by atoms with Crippen LogP contribution in [0.15, 0.2) is 34.8 Å². The Hall–Kier alpha value is -0.550. The van der Waals surface area contributed by atoms with E-state index in [1.165, 1.54) is 11.3 Å². The minimum absolute atomic E-state index is 0.0597. The van der Waals surface area contributed by atoms with Crippen LogP contribution in [-0.4, -0.2) is 5.11 Å². The van der Waals surface area contributed by atoms with Crippen LogP contribution in [-0.2, 0) is 13.2 Å². The summed E-state index contributed by atoms with van der Waals surface area (Å²) in [5.41, 5.74) is 0. The van der Waals surface area contributed by atoms with E-state index in [9.17, 15) is 0 Å². The highest BCUT2D eigenvalue weighted by Crippen LogP contribution is 2.28. The molecule has 0 amide bonds. The molecule has 1 N–H and O–H groups in total. The van der Waals surface area contributed by atoms with Crippen molar-refractivity contribution in [1.29, 1.82) is 0 Å². The topological polar surface area (TPSA) is 29.5 Å². The summed E-state index contributed by atoms with van der Waals surface area (Å²) in [4.78, 5) is 1.98. The molecule has 1 aromatic carbocycles. The number of ether oxygens (including phenoxy) is 1. The highest BCUT2D eigenvalue weighted by Gasteiger charge is 2.07. The van der Waals surface area contributed by atoms with Crippen molar-refractivity contribution < 1.29 is 9.84 Å². The summed E-state index contributed by atoms with van der Waals surface area (Å²) in [6.45, 7) is 0.539. The average Bonchev–Trinajstić information content (AvgIpc) is 2.69. The molecule has 0 saturated heterocycles. The van der Waals surface area contributed by atoms with Gasteiger partial charge in [-0.05, 0) is 46.3 Å². The van der Waals surface area contributed by atoms with Crippen molar-refractivity contribution in [3.05, 3.63) is 49.6 Å². The van der Waals surface area contributed by atoms with Crippen molar-refractivity contribution in [2.45, 2.75) is 13.2 Å². The maximum atomic E-state index is 9.03. The van der Waals surface area contributed by atoms with Gasteiger partial charge in [-0.15, -0.1) is 11.3 Å². The van der Waals surface area contributed by atoms with Gasteiger partial charge in [-0.2, -0.15) is 0 Å². The van der Waals surface area contributed by atoms with E-state index in [-0.39, 0.29) is 6.61 Å². The molecular weight excluding hydrogens is 324 g/mol. The Morgan fingerprint density at radius 1 is 1.29 bits per heavy atom. The molecule has 90 valence electrons. The summed E-state index contributed by atoms with van der Waals surface area (Å²) in [6, 6.07) is 9.15. The van der Waals surface area contributed by atoms with E-state index in [0.717, 1.165) is 20.0 Å². The molecule has 1 heterocycles. The Bertz CT molecular complexity index is 496. The molecule has 0 unspecified atom stereocenters. The van der Waals surface area contributed by atoms with E-state index in [1.807, 2.05) is 18.2 Å². The highest BCUT2D eigenvalue weighted by molar-refractivity contribution is 9.10. The summed E-state index contributed by atoms with van der Waals surface area (Å²) < 4.78 is 6.60. The number of hydrogen-bond donors (Lipinski definition) is 1. The maximum absolute atomic E-state index is 9.03. The van der Waals surface area contributed by atoms with Gasteiger partial charge >= 0.3 is 0 Å². The van der Waals surface area contributed by atoms with Crippen LogP contribution in [0.1, 0.15) is 9.75 Å². The van der Waals surface area contributed by atoms with Gasteiger partial charge in [0.05, 0.1) is 11.5 Å². The number of halogens is 2. The van der Waals surface area contributed by atoms with Crippen molar-refractivity contribution in [1.82, 2.24) is 0 Å². The smallest absolute Gasteiger partial charge is 0.124 e. The molecule has 2 rings (SSSR count). The van der Waals surface area contributed by atoms with Crippen molar-refractivity contribution in [3.8, 4) is 5.75 Å². The molecule has 0 aliphatic rings. The molecule has 17 heavy (non-hydrogen) atoms. The molecule has 0 aliphatic heterocycles. The van der Waals surface area contributed by atoms with Gasteiger partial charge in [0.15, 0.2) is 0 Å². The predicted molar refractivity (Wildman–Crippen MR) is 73.7 cm³/mol. The lowest BCUT2D eigenvalue weighted by Gasteiger charge is -2.04. The SMILES string of the molecule is OCc1cc(Br)c(COc2ccc(Cl)cc2)s1. The van der Waals surface area contributed by atoms with Gasteiger partial charge in [0, 0.05) is 14.4 Å². The predicted octanol–water partition coefficient (Wildman–Crippen LogP) is 4.24. The molecule has 0 atom stereocenters. The van der Waals surface area contributed by atoms with Gasteiger partial charge in [-0.3, -0.25) is 0 Å². The van der Waals surface area contributed by atoms with E-state index >= 15 is 0 Å². The Morgan fingerprint density at radius 3 is 2.59 bits per heavy atom. The summed E-state index contributed by atoms with van der Waals surface area (Å²) in [6.07, 6.45) is 0. The Morgan fingerprint density at radius 2 is 2.00 bits per heavy atom. The zero-order valence-corrected chi connectivity index (χ0v) is 12.0. The van der Waals surface area contributed by atoms with Gasteiger partial charge in [0.25, 0.3) is 0 Å². The number of benzene rings is 1. The minimum Gasteiger partial charge on any atom is -0.488 e. The lowest BCUT2D eigenvalue weighted by atomic mass is 10.3. The summed E-state index contributed by atoms with van der Waals surface area (Å²) in [5, 5.41) is 9.72. The standard InChI is InChI=1S/C12H10BrClO2S/c13-11-5-10(6-15)17-12(11)7-16-9-3-1-8(14)2-4-9/h1-5,15H,6-7H2. The first kappa shape index (κ1) is 12.9. The van der Waals surface area contributed by atoms with Crippen molar-refractivity contribution in [2.75, 3.05) is 0 Å². The van der Waals surface area contributed by atoms with E-state index in [1.54, 1.807) is 12.1 Å². The van der Waals surface area contributed by atoms with E-state index in [4.69, 9.17) is 21.4 Å². The number of hydrogen-bond acceptors (Lipinski definition) is 3. The van der Waals surface area contributed by atoms with Gasteiger partial charge in [0.1, 0.15) is 12.4 Å². The summed E-state index contributed by atoms with van der Waals surface area (Å²) in [5.74, 6) is 0.778. The lowest BCUT2D eigenvalue weighted by Crippen LogP contribution is -1.92. The van der Waals surface area contributed by atoms with Crippen LogP contribution in [0.2, 0.25) is 5.02 Å². The molecule has 0 aliphatic carbocycles. The highest BCUT2D eigenvalue weighted by atomic mass is 79.9. The molecule has 2 aromatic rings. The monoisotopic (exact) mass is 332 g/mol. The van der Waals surface area contributed by atoms with Crippen LogP contribution in [0.3, 0.4) is 0 Å². The zero-order chi connectivity index (χ0) is 12.3. The molecule has 0 spiro atoms. The fraction of sp³-hybridized carbons (Fsp3) is 0.167.